The van der Waals surface area contributed by atoms with Crippen LogP contribution in [0.3, 0.4) is 0 Å². The van der Waals surface area contributed by atoms with Gasteiger partial charge in [-0.3, -0.25) is 28.2 Å². The van der Waals surface area contributed by atoms with Gasteiger partial charge >= 0.3 is 5.69 Å². The fraction of sp³-hybridized carbons (Fsp3) is 0.308. The zero-order valence-corrected chi connectivity index (χ0v) is 24.2. The molecule has 38 heavy (non-hydrogen) atoms. The number of carbonyl (C=O) groups excluding carboxylic acids is 1. The maximum Gasteiger partial charge on any atom is 0.332 e. The minimum atomic E-state index is -0.413. The van der Waals surface area contributed by atoms with Crippen LogP contribution in [-0.2, 0) is 25.4 Å². The van der Waals surface area contributed by atoms with Crippen molar-refractivity contribution in [2.24, 2.45) is 14.1 Å². The van der Waals surface area contributed by atoms with Crippen molar-refractivity contribution >= 4 is 60.6 Å². The molecule has 2 aromatic carbocycles. The summed E-state index contributed by atoms with van der Waals surface area (Å²) in [4.78, 5) is 47.4. The minimum absolute atomic E-state index is 0.0678. The molecule has 12 heteroatoms. The number of hydrogen-bond acceptors (Lipinski definition) is 6. The average Bonchev–Trinajstić information content (AvgIpc) is 3.28. The van der Waals surface area contributed by atoms with Crippen molar-refractivity contribution < 1.29 is 4.79 Å². The van der Waals surface area contributed by atoms with Crippen LogP contribution in [0.1, 0.15) is 5.56 Å². The second-order valence-corrected chi connectivity index (χ2v) is 11.2. The summed E-state index contributed by atoms with van der Waals surface area (Å²) < 4.78 is 6.36. The SMILES string of the molecule is Cn1c(=O)c2c(nc(N3CCN(CC(=O)Nc4ccc(Br)cc4)CC3)n2Cc2ccc(Br)cc2)n(C)c1=O. The average molecular weight is 645 g/mol. The highest BCUT2D eigenvalue weighted by Crippen LogP contribution is 2.23. The van der Waals surface area contributed by atoms with E-state index in [-0.39, 0.29) is 18.0 Å². The number of nitrogens with one attached hydrogen (secondary N) is 1. The van der Waals surface area contributed by atoms with E-state index in [0.29, 0.717) is 49.8 Å². The van der Waals surface area contributed by atoms with Gasteiger partial charge in [0.15, 0.2) is 11.2 Å². The summed E-state index contributed by atoms with van der Waals surface area (Å²) in [5.41, 5.74) is 1.73. The van der Waals surface area contributed by atoms with Gasteiger partial charge in [-0.2, -0.15) is 4.98 Å². The Hall–Kier alpha value is -3.22. The first-order valence-corrected chi connectivity index (χ1v) is 13.7. The molecule has 0 atom stereocenters. The van der Waals surface area contributed by atoms with Crippen molar-refractivity contribution in [1.29, 1.82) is 0 Å². The number of aromatic nitrogens is 4. The Labute approximate surface area is 235 Å². The summed E-state index contributed by atoms with van der Waals surface area (Å²) in [5, 5.41) is 2.94. The van der Waals surface area contributed by atoms with Crippen LogP contribution in [0.15, 0.2) is 67.1 Å². The van der Waals surface area contributed by atoms with Crippen molar-refractivity contribution in [3.05, 3.63) is 83.9 Å². The number of aryl methyl sites for hydroxylation is 1. The second-order valence-electron chi connectivity index (χ2n) is 9.32. The molecule has 0 radical (unpaired) electrons. The minimum Gasteiger partial charge on any atom is -0.340 e. The van der Waals surface area contributed by atoms with E-state index in [0.717, 1.165) is 24.8 Å². The number of benzene rings is 2. The van der Waals surface area contributed by atoms with Gasteiger partial charge in [0, 0.05) is 54.9 Å². The molecule has 1 N–H and O–H groups in total. The van der Waals surface area contributed by atoms with Gasteiger partial charge in [0.05, 0.1) is 13.1 Å². The number of imidazole rings is 1. The lowest BCUT2D eigenvalue weighted by Gasteiger charge is -2.35. The number of piperazine rings is 1. The molecule has 198 valence electrons. The molecule has 0 unspecified atom stereocenters. The Morgan fingerprint density at radius 2 is 1.50 bits per heavy atom. The highest BCUT2D eigenvalue weighted by molar-refractivity contribution is 9.10. The molecule has 0 spiro atoms. The lowest BCUT2D eigenvalue weighted by molar-refractivity contribution is -0.117. The third kappa shape index (κ3) is 5.33. The van der Waals surface area contributed by atoms with Crippen molar-refractivity contribution in [1.82, 2.24) is 23.6 Å². The lowest BCUT2D eigenvalue weighted by atomic mass is 10.2. The molecule has 1 amide bonds. The molecular formula is C26H27Br2N7O3. The summed E-state index contributed by atoms with van der Waals surface area (Å²) >= 11 is 6.87. The van der Waals surface area contributed by atoms with Gasteiger partial charge in [0.2, 0.25) is 11.9 Å². The molecule has 0 aliphatic carbocycles. The number of amides is 1. The monoisotopic (exact) mass is 643 g/mol. The number of nitrogens with zero attached hydrogens (tertiary/aromatic N) is 6. The van der Waals surface area contributed by atoms with Crippen LogP contribution in [0.5, 0.6) is 0 Å². The maximum atomic E-state index is 13.2. The van der Waals surface area contributed by atoms with Gasteiger partial charge in [-0.15, -0.1) is 0 Å². The summed E-state index contributed by atoms with van der Waals surface area (Å²) in [6, 6.07) is 15.4. The normalized spacial score (nSPS) is 14.3. The molecule has 0 saturated carbocycles. The topological polar surface area (TPSA) is 97.4 Å². The van der Waals surface area contributed by atoms with Gasteiger partial charge in [0.25, 0.3) is 5.56 Å². The Kier molecular flexibility index (Phi) is 7.55. The van der Waals surface area contributed by atoms with Crippen LogP contribution in [0.2, 0.25) is 0 Å². The van der Waals surface area contributed by atoms with E-state index in [2.05, 4.69) is 47.0 Å². The van der Waals surface area contributed by atoms with E-state index in [1.807, 2.05) is 53.1 Å². The molecular weight excluding hydrogens is 618 g/mol. The number of halogens is 2. The molecule has 10 nitrogen and oxygen atoms in total. The third-order valence-electron chi connectivity index (χ3n) is 6.73. The van der Waals surface area contributed by atoms with Crippen LogP contribution < -0.4 is 21.5 Å². The van der Waals surface area contributed by atoms with E-state index in [1.54, 1.807) is 7.05 Å². The molecule has 1 saturated heterocycles. The summed E-state index contributed by atoms with van der Waals surface area (Å²) in [5.74, 6) is 0.571. The highest BCUT2D eigenvalue weighted by Gasteiger charge is 2.26. The van der Waals surface area contributed by atoms with Gasteiger partial charge in [-0.05, 0) is 42.0 Å². The zero-order chi connectivity index (χ0) is 27.0. The zero-order valence-electron chi connectivity index (χ0n) is 21.0. The number of fused-ring (bicyclic) bond motifs is 1. The molecule has 1 aliphatic rings. The Bertz CT molecular complexity index is 1600. The first-order chi connectivity index (χ1) is 18.2. The first kappa shape index (κ1) is 26.4. The first-order valence-electron chi connectivity index (χ1n) is 12.1. The van der Waals surface area contributed by atoms with Crippen LogP contribution in [-0.4, -0.2) is 62.2 Å². The Morgan fingerprint density at radius 3 is 2.13 bits per heavy atom. The van der Waals surface area contributed by atoms with E-state index in [4.69, 9.17) is 4.98 Å². The predicted molar refractivity (Wildman–Crippen MR) is 155 cm³/mol. The number of rotatable bonds is 6. The molecule has 1 fully saturated rings. The van der Waals surface area contributed by atoms with Crippen LogP contribution in [0, 0.1) is 0 Å². The summed E-state index contributed by atoms with van der Waals surface area (Å²) in [6.07, 6.45) is 0. The highest BCUT2D eigenvalue weighted by atomic mass is 79.9. The van der Waals surface area contributed by atoms with E-state index in [1.165, 1.54) is 11.6 Å². The quantitative estimate of drug-likeness (QED) is 0.347. The van der Waals surface area contributed by atoms with Gasteiger partial charge in [-0.1, -0.05) is 44.0 Å². The van der Waals surface area contributed by atoms with Crippen molar-refractivity contribution in [2.75, 3.05) is 42.9 Å². The number of anilines is 2. The second kappa shape index (κ2) is 10.9. The summed E-state index contributed by atoms with van der Waals surface area (Å²) in [7, 11) is 3.12. The maximum absolute atomic E-state index is 13.2. The fourth-order valence-corrected chi connectivity index (χ4v) is 5.17. The van der Waals surface area contributed by atoms with E-state index >= 15 is 0 Å². The lowest BCUT2D eigenvalue weighted by Crippen LogP contribution is -2.49. The molecule has 5 rings (SSSR count). The Balaban J connectivity index is 1.38. The molecule has 4 aromatic rings. The van der Waals surface area contributed by atoms with Crippen LogP contribution in [0.25, 0.3) is 11.2 Å². The van der Waals surface area contributed by atoms with Crippen molar-refractivity contribution in [3.63, 3.8) is 0 Å². The standard InChI is InChI=1S/C26H27Br2N7O3/c1-31-23-22(24(37)32(2)26(31)38)35(15-17-3-5-18(27)6-4-17)25(30-23)34-13-11-33(12-14-34)16-21(36)29-20-9-7-19(28)8-10-20/h3-10H,11-16H2,1-2H3,(H,29,36). The third-order valence-corrected chi connectivity index (χ3v) is 7.79. The number of hydrogen-bond donors (Lipinski definition) is 1. The van der Waals surface area contributed by atoms with Gasteiger partial charge < -0.3 is 10.2 Å². The van der Waals surface area contributed by atoms with E-state index in [9.17, 15) is 14.4 Å². The molecule has 2 aromatic heterocycles. The molecule has 0 bridgehead atoms. The van der Waals surface area contributed by atoms with Crippen LogP contribution in [0.4, 0.5) is 11.6 Å². The van der Waals surface area contributed by atoms with E-state index < -0.39 is 5.69 Å². The largest absolute Gasteiger partial charge is 0.340 e. The smallest absolute Gasteiger partial charge is 0.332 e. The van der Waals surface area contributed by atoms with Crippen LogP contribution >= 0.6 is 31.9 Å². The number of carbonyl (C=O) groups is 1. The van der Waals surface area contributed by atoms with Gasteiger partial charge in [-0.25, -0.2) is 4.79 Å². The summed E-state index contributed by atoms with van der Waals surface area (Å²) in [6.45, 7) is 3.29. The fourth-order valence-electron chi connectivity index (χ4n) is 4.64. The molecule has 3 heterocycles. The van der Waals surface area contributed by atoms with Gasteiger partial charge in [0.1, 0.15) is 0 Å². The molecule has 1 aliphatic heterocycles. The van der Waals surface area contributed by atoms with Crippen molar-refractivity contribution in [3.8, 4) is 0 Å². The predicted octanol–water partition coefficient (Wildman–Crippen LogP) is 2.77. The van der Waals surface area contributed by atoms with Crippen molar-refractivity contribution in [2.45, 2.75) is 6.54 Å². The Morgan fingerprint density at radius 1 is 0.895 bits per heavy atom.